The van der Waals surface area contributed by atoms with Gasteiger partial charge in [-0.1, -0.05) is 0 Å². The molecule has 0 radical (unpaired) electrons. The van der Waals surface area contributed by atoms with E-state index in [0.717, 1.165) is 0 Å². The topological polar surface area (TPSA) is 88.2 Å². The van der Waals surface area contributed by atoms with E-state index in [9.17, 15) is 9.90 Å². The summed E-state index contributed by atoms with van der Waals surface area (Å²) in [6.45, 7) is 0. The largest absolute Gasteiger partial charge is 0.506 e. The van der Waals surface area contributed by atoms with Crippen molar-refractivity contribution >= 4 is 5.97 Å². The zero-order valence-corrected chi connectivity index (χ0v) is 7.53. The Hall–Kier alpha value is -2.37. The van der Waals surface area contributed by atoms with Gasteiger partial charge in [-0.05, 0) is 18.2 Å². The number of rotatable bonds is 2. The van der Waals surface area contributed by atoms with Crippen molar-refractivity contribution in [3.05, 3.63) is 36.4 Å². The minimum absolute atomic E-state index is 0.0244. The number of hydrogen-bond donors (Lipinski definition) is 2. The Morgan fingerprint density at radius 3 is 2.73 bits per heavy atom. The molecule has 15 heavy (non-hydrogen) atoms. The van der Waals surface area contributed by atoms with Gasteiger partial charge in [-0.15, -0.1) is 0 Å². The predicted molar refractivity (Wildman–Crippen MR) is 50.0 cm³/mol. The third-order valence-corrected chi connectivity index (χ3v) is 1.89. The van der Waals surface area contributed by atoms with Crippen LogP contribution in [0, 0.1) is 0 Å². The van der Waals surface area contributed by atoms with Gasteiger partial charge in [0.15, 0.2) is 0 Å². The number of carbonyl (C=O) groups is 1. The molecular formula is C9H7N3O3. The molecule has 0 fully saturated rings. The molecule has 0 aliphatic rings. The van der Waals surface area contributed by atoms with Gasteiger partial charge in [-0.2, -0.15) is 5.10 Å². The summed E-state index contributed by atoms with van der Waals surface area (Å²) in [6, 6.07) is 4.02. The smallest absolute Gasteiger partial charge is 0.335 e. The molecule has 1 aromatic carbocycles. The van der Waals surface area contributed by atoms with E-state index in [4.69, 9.17) is 5.11 Å². The SMILES string of the molecule is O=C(O)c1ccc(-n2cncn2)c(O)c1. The van der Waals surface area contributed by atoms with Crippen LogP contribution in [0.15, 0.2) is 30.9 Å². The highest BCUT2D eigenvalue weighted by Crippen LogP contribution is 2.21. The lowest BCUT2D eigenvalue weighted by atomic mass is 10.2. The summed E-state index contributed by atoms with van der Waals surface area (Å²) in [7, 11) is 0. The quantitative estimate of drug-likeness (QED) is 0.752. The lowest BCUT2D eigenvalue weighted by Gasteiger charge is -2.04. The van der Waals surface area contributed by atoms with Crippen LogP contribution < -0.4 is 0 Å². The van der Waals surface area contributed by atoms with Crippen molar-refractivity contribution < 1.29 is 15.0 Å². The summed E-state index contributed by atoms with van der Waals surface area (Å²) in [5.74, 6) is -1.24. The van der Waals surface area contributed by atoms with Crippen LogP contribution in [-0.2, 0) is 0 Å². The molecule has 2 aromatic rings. The molecule has 6 heteroatoms. The minimum atomic E-state index is -1.09. The monoisotopic (exact) mass is 205 g/mol. The molecule has 2 N–H and O–H groups in total. The Labute approximate surface area is 84.4 Å². The number of carboxylic acids is 1. The first kappa shape index (κ1) is 9.20. The maximum absolute atomic E-state index is 10.6. The van der Waals surface area contributed by atoms with E-state index in [1.165, 1.54) is 35.5 Å². The van der Waals surface area contributed by atoms with Gasteiger partial charge in [0.25, 0.3) is 0 Å². The molecule has 0 aliphatic heterocycles. The third-order valence-electron chi connectivity index (χ3n) is 1.89. The Balaban J connectivity index is 2.48. The highest BCUT2D eigenvalue weighted by Gasteiger charge is 2.08. The fourth-order valence-electron chi connectivity index (χ4n) is 1.18. The van der Waals surface area contributed by atoms with Crippen molar-refractivity contribution in [2.24, 2.45) is 0 Å². The summed E-state index contributed by atoms with van der Waals surface area (Å²) in [4.78, 5) is 14.3. The van der Waals surface area contributed by atoms with E-state index >= 15 is 0 Å². The number of phenolic OH excluding ortho intramolecular Hbond substituents is 1. The normalized spacial score (nSPS) is 10.1. The Bertz CT molecular complexity index is 493. The number of aromatic nitrogens is 3. The van der Waals surface area contributed by atoms with E-state index in [1.54, 1.807) is 0 Å². The Morgan fingerprint density at radius 1 is 1.40 bits per heavy atom. The van der Waals surface area contributed by atoms with Gasteiger partial charge >= 0.3 is 5.97 Å². The van der Waals surface area contributed by atoms with Gasteiger partial charge < -0.3 is 10.2 Å². The fraction of sp³-hybridized carbons (Fsp3) is 0. The van der Waals surface area contributed by atoms with E-state index in [0.29, 0.717) is 5.69 Å². The molecule has 6 nitrogen and oxygen atoms in total. The molecule has 1 aromatic heterocycles. The fourth-order valence-corrected chi connectivity index (χ4v) is 1.18. The number of nitrogens with zero attached hydrogens (tertiary/aromatic N) is 3. The van der Waals surface area contributed by atoms with E-state index in [-0.39, 0.29) is 11.3 Å². The number of phenols is 1. The minimum Gasteiger partial charge on any atom is -0.506 e. The number of hydrogen-bond acceptors (Lipinski definition) is 4. The summed E-state index contributed by atoms with van der Waals surface area (Å²) in [5.41, 5.74) is 0.411. The molecule has 0 bridgehead atoms. The molecule has 76 valence electrons. The van der Waals surface area contributed by atoms with Crippen LogP contribution >= 0.6 is 0 Å². The Kier molecular flexibility index (Phi) is 2.09. The first-order valence-electron chi connectivity index (χ1n) is 4.10. The molecule has 0 atom stereocenters. The maximum atomic E-state index is 10.6. The number of carboxylic acid groups (broad SMARTS) is 1. The van der Waals surface area contributed by atoms with Gasteiger partial charge in [0.1, 0.15) is 24.1 Å². The van der Waals surface area contributed by atoms with Crippen LogP contribution in [0.3, 0.4) is 0 Å². The predicted octanol–water partition coefficient (Wildman–Crippen LogP) is 0.671. The van der Waals surface area contributed by atoms with Gasteiger partial charge in [0.2, 0.25) is 0 Å². The second-order valence-electron chi connectivity index (χ2n) is 2.85. The molecule has 0 aliphatic carbocycles. The van der Waals surface area contributed by atoms with E-state index in [1.807, 2.05) is 0 Å². The maximum Gasteiger partial charge on any atom is 0.335 e. The van der Waals surface area contributed by atoms with Crippen molar-refractivity contribution in [3.63, 3.8) is 0 Å². The van der Waals surface area contributed by atoms with Gasteiger partial charge in [0, 0.05) is 0 Å². The lowest BCUT2D eigenvalue weighted by Crippen LogP contribution is -1.99. The van der Waals surface area contributed by atoms with Crippen LogP contribution in [0.2, 0.25) is 0 Å². The second-order valence-corrected chi connectivity index (χ2v) is 2.85. The molecule has 0 spiro atoms. The van der Waals surface area contributed by atoms with Crippen LogP contribution in [0.5, 0.6) is 5.75 Å². The van der Waals surface area contributed by atoms with Crippen molar-refractivity contribution in [3.8, 4) is 11.4 Å². The summed E-state index contributed by atoms with van der Waals surface area (Å²) >= 11 is 0. The van der Waals surface area contributed by atoms with Gasteiger partial charge in [-0.25, -0.2) is 14.5 Å². The zero-order chi connectivity index (χ0) is 10.8. The van der Waals surface area contributed by atoms with Crippen molar-refractivity contribution in [2.75, 3.05) is 0 Å². The van der Waals surface area contributed by atoms with E-state index in [2.05, 4.69) is 10.1 Å². The second kappa shape index (κ2) is 3.41. The highest BCUT2D eigenvalue weighted by atomic mass is 16.4. The first-order chi connectivity index (χ1) is 7.18. The summed E-state index contributed by atoms with van der Waals surface area (Å²) < 4.78 is 1.35. The van der Waals surface area contributed by atoms with Crippen LogP contribution in [0.4, 0.5) is 0 Å². The summed E-state index contributed by atoms with van der Waals surface area (Å²) in [5, 5.41) is 22.1. The molecule has 0 saturated heterocycles. The molecule has 1 heterocycles. The highest BCUT2D eigenvalue weighted by molar-refractivity contribution is 5.88. The number of aromatic carboxylic acids is 1. The van der Waals surface area contributed by atoms with Crippen molar-refractivity contribution in [1.29, 1.82) is 0 Å². The summed E-state index contributed by atoms with van der Waals surface area (Å²) in [6.07, 6.45) is 2.74. The van der Waals surface area contributed by atoms with Crippen LogP contribution in [0.1, 0.15) is 10.4 Å². The number of aromatic hydroxyl groups is 1. The van der Waals surface area contributed by atoms with Crippen LogP contribution in [-0.4, -0.2) is 30.9 Å². The standard InChI is InChI=1S/C9H7N3O3/c13-8-3-6(9(14)15)1-2-7(8)12-5-10-4-11-12/h1-5,13H,(H,14,15). The van der Waals surface area contributed by atoms with Crippen molar-refractivity contribution in [1.82, 2.24) is 14.8 Å². The molecule has 0 amide bonds. The Morgan fingerprint density at radius 2 is 2.20 bits per heavy atom. The third kappa shape index (κ3) is 1.64. The first-order valence-corrected chi connectivity index (χ1v) is 4.10. The molecule has 0 unspecified atom stereocenters. The van der Waals surface area contributed by atoms with Gasteiger partial charge in [0.05, 0.1) is 5.56 Å². The zero-order valence-electron chi connectivity index (χ0n) is 7.53. The number of benzene rings is 1. The van der Waals surface area contributed by atoms with E-state index < -0.39 is 5.97 Å². The van der Waals surface area contributed by atoms with Crippen molar-refractivity contribution in [2.45, 2.75) is 0 Å². The van der Waals surface area contributed by atoms with Gasteiger partial charge in [-0.3, -0.25) is 0 Å². The molecule has 0 saturated carbocycles. The average Bonchev–Trinajstić information content (AvgIpc) is 2.70. The van der Waals surface area contributed by atoms with Crippen LogP contribution in [0.25, 0.3) is 5.69 Å². The average molecular weight is 205 g/mol. The molecular weight excluding hydrogens is 198 g/mol. The molecule has 2 rings (SSSR count). The lowest BCUT2D eigenvalue weighted by molar-refractivity contribution is 0.0696.